The zero-order chi connectivity index (χ0) is 25.4. The van der Waals surface area contributed by atoms with Gasteiger partial charge >= 0.3 is 0 Å². The Bertz CT molecular complexity index is 1050. The Labute approximate surface area is 227 Å². The fourth-order valence-corrected chi connectivity index (χ4v) is 5.11. The van der Waals surface area contributed by atoms with Gasteiger partial charge in [0.25, 0.3) is 5.91 Å². The van der Waals surface area contributed by atoms with Crippen molar-refractivity contribution in [2.24, 2.45) is 0 Å². The zero-order valence-electron chi connectivity index (χ0n) is 21.8. The molecule has 3 rings (SSSR count). The van der Waals surface area contributed by atoms with E-state index in [9.17, 15) is 4.79 Å². The first kappa shape index (κ1) is 28.2. The summed E-state index contributed by atoms with van der Waals surface area (Å²) in [4.78, 5) is 12.6. The minimum absolute atomic E-state index is 0.00703. The van der Waals surface area contributed by atoms with Crippen molar-refractivity contribution >= 4 is 21.8 Å². The standard InChI is InChI=1S/C33H41BrNO/c1-2-3-4-5-6-7-8-9-10-16-25-35-33(36)30-24-23-29(32(34)26-30)22-21-28-19-14-15-20-31(28)27-17-12-11-13-18-27/h11-15,17-20,22-24,26H,2-10,16,21,25H2,1H3,(H,35,36). The van der Waals surface area contributed by atoms with Gasteiger partial charge < -0.3 is 5.32 Å². The summed E-state index contributed by atoms with van der Waals surface area (Å²) in [6.07, 6.45) is 16.1. The summed E-state index contributed by atoms with van der Waals surface area (Å²) in [5, 5.41) is 3.08. The molecule has 0 bridgehead atoms. The van der Waals surface area contributed by atoms with E-state index in [1.54, 1.807) is 0 Å². The fraction of sp³-hybridized carbons (Fsp3) is 0.394. The number of hydrogen-bond donors (Lipinski definition) is 1. The summed E-state index contributed by atoms with van der Waals surface area (Å²) in [6.45, 7) is 3.01. The minimum atomic E-state index is 0.00703. The Kier molecular flexibility index (Phi) is 12.8. The van der Waals surface area contributed by atoms with E-state index < -0.39 is 0 Å². The van der Waals surface area contributed by atoms with E-state index in [-0.39, 0.29) is 5.91 Å². The number of hydrogen-bond acceptors (Lipinski definition) is 1. The van der Waals surface area contributed by atoms with Crippen LogP contribution in [0.4, 0.5) is 0 Å². The molecule has 0 fully saturated rings. The summed E-state index contributed by atoms with van der Waals surface area (Å²) in [7, 11) is 0. The van der Waals surface area contributed by atoms with E-state index >= 15 is 0 Å². The van der Waals surface area contributed by atoms with Crippen LogP contribution in [0.5, 0.6) is 0 Å². The molecule has 1 amide bonds. The van der Waals surface area contributed by atoms with Gasteiger partial charge in [0.05, 0.1) is 0 Å². The predicted octanol–water partition coefficient (Wildman–Crippen LogP) is 9.56. The summed E-state index contributed by atoms with van der Waals surface area (Å²) < 4.78 is 0.950. The second-order valence-electron chi connectivity index (χ2n) is 9.61. The van der Waals surface area contributed by atoms with Gasteiger partial charge in [-0.1, -0.05) is 141 Å². The number of rotatable bonds is 16. The van der Waals surface area contributed by atoms with Gasteiger partial charge in [-0.3, -0.25) is 4.79 Å². The van der Waals surface area contributed by atoms with Crippen LogP contribution in [0.15, 0.2) is 77.3 Å². The first-order valence-electron chi connectivity index (χ1n) is 13.7. The van der Waals surface area contributed by atoms with Crippen molar-refractivity contribution in [1.82, 2.24) is 5.32 Å². The quantitative estimate of drug-likeness (QED) is 0.178. The van der Waals surface area contributed by atoms with Crippen molar-refractivity contribution in [2.75, 3.05) is 6.54 Å². The molecule has 3 aromatic rings. The number of carbonyl (C=O) groups is 1. The van der Waals surface area contributed by atoms with Crippen molar-refractivity contribution in [3.8, 4) is 11.1 Å². The van der Waals surface area contributed by atoms with Gasteiger partial charge in [0.15, 0.2) is 0 Å². The fourth-order valence-electron chi connectivity index (χ4n) is 4.57. The Morgan fingerprint density at radius 3 is 2.11 bits per heavy atom. The van der Waals surface area contributed by atoms with Crippen LogP contribution in [0.2, 0.25) is 0 Å². The maximum atomic E-state index is 12.6. The molecule has 0 unspecified atom stereocenters. The van der Waals surface area contributed by atoms with Gasteiger partial charge in [0.2, 0.25) is 0 Å². The molecule has 191 valence electrons. The molecule has 1 N–H and O–H groups in total. The summed E-state index contributed by atoms with van der Waals surface area (Å²) in [5.74, 6) is 0.00703. The molecule has 3 heteroatoms. The van der Waals surface area contributed by atoms with Crippen molar-refractivity contribution < 1.29 is 4.79 Å². The molecule has 0 aliphatic carbocycles. The maximum absolute atomic E-state index is 12.6. The van der Waals surface area contributed by atoms with Crippen LogP contribution in [0, 0.1) is 6.42 Å². The number of unbranched alkanes of at least 4 members (excludes halogenated alkanes) is 9. The molecular formula is C33H41BrNO. The van der Waals surface area contributed by atoms with Crippen LogP contribution < -0.4 is 5.32 Å². The first-order chi connectivity index (χ1) is 17.7. The van der Waals surface area contributed by atoms with Crippen LogP contribution in [0.25, 0.3) is 11.1 Å². The van der Waals surface area contributed by atoms with E-state index in [4.69, 9.17) is 0 Å². The van der Waals surface area contributed by atoms with Gasteiger partial charge in [-0.15, -0.1) is 0 Å². The molecule has 0 aromatic heterocycles. The second-order valence-corrected chi connectivity index (χ2v) is 10.5. The lowest BCUT2D eigenvalue weighted by Crippen LogP contribution is -2.24. The smallest absolute Gasteiger partial charge is 0.251 e. The highest BCUT2D eigenvalue weighted by molar-refractivity contribution is 9.10. The Hall–Kier alpha value is -2.39. The molecule has 0 spiro atoms. The van der Waals surface area contributed by atoms with Crippen LogP contribution in [-0.4, -0.2) is 12.5 Å². The highest BCUT2D eigenvalue weighted by Gasteiger charge is 2.10. The predicted molar refractivity (Wildman–Crippen MR) is 157 cm³/mol. The van der Waals surface area contributed by atoms with Crippen LogP contribution in [0.3, 0.4) is 0 Å². The average molecular weight is 548 g/mol. The number of nitrogens with one attached hydrogen (secondary N) is 1. The topological polar surface area (TPSA) is 29.1 Å². The normalized spacial score (nSPS) is 10.9. The van der Waals surface area contributed by atoms with Gasteiger partial charge in [-0.2, -0.15) is 0 Å². The van der Waals surface area contributed by atoms with Crippen molar-refractivity contribution in [3.05, 3.63) is 100 Å². The molecule has 0 atom stereocenters. The molecule has 0 saturated carbocycles. The molecule has 36 heavy (non-hydrogen) atoms. The van der Waals surface area contributed by atoms with E-state index in [2.05, 4.69) is 83.1 Å². The van der Waals surface area contributed by atoms with Crippen LogP contribution in [0.1, 0.15) is 92.6 Å². The van der Waals surface area contributed by atoms with Gasteiger partial charge in [-0.25, -0.2) is 0 Å². The molecular weight excluding hydrogens is 506 g/mol. The average Bonchev–Trinajstić information content (AvgIpc) is 2.91. The summed E-state index contributed by atoms with van der Waals surface area (Å²) >= 11 is 3.68. The third kappa shape index (κ3) is 9.58. The molecule has 2 nitrogen and oxygen atoms in total. The zero-order valence-corrected chi connectivity index (χ0v) is 23.4. The lowest BCUT2D eigenvalue weighted by molar-refractivity contribution is 0.0953. The third-order valence-electron chi connectivity index (χ3n) is 6.72. The van der Waals surface area contributed by atoms with Crippen LogP contribution >= 0.6 is 15.9 Å². The van der Waals surface area contributed by atoms with Crippen molar-refractivity contribution in [2.45, 2.75) is 77.6 Å². The molecule has 3 aromatic carbocycles. The van der Waals surface area contributed by atoms with Crippen molar-refractivity contribution in [1.29, 1.82) is 0 Å². The maximum Gasteiger partial charge on any atom is 0.251 e. The third-order valence-corrected chi connectivity index (χ3v) is 7.41. The second kappa shape index (κ2) is 16.4. The number of amides is 1. The first-order valence-corrected chi connectivity index (χ1v) is 14.5. The molecule has 1 radical (unpaired) electrons. The van der Waals surface area contributed by atoms with Crippen LogP contribution in [-0.2, 0) is 6.42 Å². The molecule has 0 aliphatic heterocycles. The molecule has 0 saturated heterocycles. The Morgan fingerprint density at radius 2 is 1.42 bits per heavy atom. The largest absolute Gasteiger partial charge is 0.352 e. The SMILES string of the molecule is CCCCCCCCCCCCNC(=O)c1ccc([CH]Cc2ccccc2-c2ccccc2)c(Br)c1. The number of carbonyl (C=O) groups excluding carboxylic acids is 1. The Morgan fingerprint density at radius 1 is 0.778 bits per heavy atom. The van der Waals surface area contributed by atoms with E-state index in [0.29, 0.717) is 5.56 Å². The Balaban J connectivity index is 1.39. The lowest BCUT2D eigenvalue weighted by atomic mass is 9.95. The van der Waals surface area contributed by atoms with Gasteiger partial charge in [0, 0.05) is 16.6 Å². The summed E-state index contributed by atoms with van der Waals surface area (Å²) in [5.41, 5.74) is 5.58. The highest BCUT2D eigenvalue weighted by Crippen LogP contribution is 2.27. The van der Waals surface area contributed by atoms with E-state index in [1.807, 2.05) is 24.3 Å². The lowest BCUT2D eigenvalue weighted by Gasteiger charge is -2.11. The number of benzene rings is 3. The van der Waals surface area contributed by atoms with E-state index in [1.165, 1.54) is 74.5 Å². The van der Waals surface area contributed by atoms with E-state index in [0.717, 1.165) is 29.4 Å². The minimum Gasteiger partial charge on any atom is -0.352 e. The molecule has 0 aliphatic rings. The monoisotopic (exact) mass is 546 g/mol. The summed E-state index contributed by atoms with van der Waals surface area (Å²) in [6, 6.07) is 24.9. The van der Waals surface area contributed by atoms with Gasteiger partial charge in [-0.05, 0) is 53.6 Å². The highest BCUT2D eigenvalue weighted by atomic mass is 79.9. The number of halogens is 1. The molecule has 0 heterocycles. The van der Waals surface area contributed by atoms with Gasteiger partial charge in [0.1, 0.15) is 0 Å². The van der Waals surface area contributed by atoms with Crippen molar-refractivity contribution in [3.63, 3.8) is 0 Å².